The molecule has 2 aliphatic rings. The Bertz CT molecular complexity index is 202. The van der Waals surface area contributed by atoms with Gasteiger partial charge < -0.3 is 5.32 Å². The van der Waals surface area contributed by atoms with Crippen LogP contribution in [0.5, 0.6) is 0 Å². The van der Waals surface area contributed by atoms with Gasteiger partial charge in [0.1, 0.15) is 0 Å². The summed E-state index contributed by atoms with van der Waals surface area (Å²) in [4.78, 5) is 2.72. The van der Waals surface area contributed by atoms with E-state index < -0.39 is 0 Å². The first-order chi connectivity index (χ1) is 7.20. The molecule has 2 atom stereocenters. The molecule has 0 radical (unpaired) electrons. The smallest absolute Gasteiger partial charge is 0.00754 e. The second kappa shape index (κ2) is 5.07. The highest BCUT2D eigenvalue weighted by atomic mass is 32.2. The molecule has 3 heteroatoms. The Labute approximate surface area is 98.2 Å². The van der Waals surface area contributed by atoms with E-state index in [0.717, 1.165) is 6.04 Å². The van der Waals surface area contributed by atoms with Gasteiger partial charge in [0, 0.05) is 31.4 Å². The van der Waals surface area contributed by atoms with Crippen LogP contribution in [0.2, 0.25) is 0 Å². The van der Waals surface area contributed by atoms with Crippen molar-refractivity contribution in [3.8, 4) is 0 Å². The highest BCUT2D eigenvalue weighted by molar-refractivity contribution is 7.99. The van der Waals surface area contributed by atoms with Crippen LogP contribution in [0.25, 0.3) is 0 Å². The van der Waals surface area contributed by atoms with Crippen LogP contribution in [0, 0.1) is 5.41 Å². The molecule has 2 nitrogen and oxygen atoms in total. The van der Waals surface area contributed by atoms with Gasteiger partial charge in [0.15, 0.2) is 0 Å². The standard InChI is InChI=1S/C12H24N2S/c1-11-3-7-15-8-6-14(11)10-12(2)4-5-13-9-12/h11,13H,3-10H2,1-2H3. The van der Waals surface area contributed by atoms with Gasteiger partial charge in [0.2, 0.25) is 0 Å². The van der Waals surface area contributed by atoms with Crippen molar-refractivity contribution in [3.05, 3.63) is 0 Å². The van der Waals surface area contributed by atoms with Crippen molar-refractivity contribution in [1.82, 2.24) is 10.2 Å². The van der Waals surface area contributed by atoms with E-state index in [4.69, 9.17) is 0 Å². The van der Waals surface area contributed by atoms with Gasteiger partial charge >= 0.3 is 0 Å². The lowest BCUT2D eigenvalue weighted by Crippen LogP contribution is -2.42. The van der Waals surface area contributed by atoms with Gasteiger partial charge in [0.25, 0.3) is 0 Å². The predicted molar refractivity (Wildman–Crippen MR) is 68.6 cm³/mol. The highest BCUT2D eigenvalue weighted by Gasteiger charge is 2.32. The highest BCUT2D eigenvalue weighted by Crippen LogP contribution is 2.28. The molecule has 88 valence electrons. The maximum atomic E-state index is 3.50. The fraction of sp³-hybridized carbons (Fsp3) is 1.00. The van der Waals surface area contributed by atoms with Crippen LogP contribution in [-0.4, -0.2) is 48.6 Å². The molecule has 1 N–H and O–H groups in total. The second-order valence-corrected chi connectivity index (χ2v) is 6.68. The molecule has 2 fully saturated rings. The van der Waals surface area contributed by atoms with Crippen molar-refractivity contribution in [2.75, 3.05) is 37.7 Å². The van der Waals surface area contributed by atoms with Crippen molar-refractivity contribution in [2.24, 2.45) is 5.41 Å². The van der Waals surface area contributed by atoms with E-state index in [0.29, 0.717) is 5.41 Å². The average Bonchev–Trinajstić information content (AvgIpc) is 2.53. The van der Waals surface area contributed by atoms with Crippen molar-refractivity contribution in [1.29, 1.82) is 0 Å². The molecule has 0 aromatic heterocycles. The van der Waals surface area contributed by atoms with Gasteiger partial charge in [-0.3, -0.25) is 4.90 Å². The first-order valence-corrected chi connectivity index (χ1v) is 7.38. The normalized spacial score (nSPS) is 39.2. The molecular formula is C12H24N2S. The largest absolute Gasteiger partial charge is 0.316 e. The van der Waals surface area contributed by atoms with Crippen LogP contribution < -0.4 is 5.32 Å². The summed E-state index contributed by atoms with van der Waals surface area (Å²) < 4.78 is 0. The number of rotatable bonds is 2. The molecule has 0 spiro atoms. The summed E-state index contributed by atoms with van der Waals surface area (Å²) in [6.07, 6.45) is 2.72. The molecule has 15 heavy (non-hydrogen) atoms. The topological polar surface area (TPSA) is 15.3 Å². The number of nitrogens with zero attached hydrogens (tertiary/aromatic N) is 1. The van der Waals surface area contributed by atoms with Crippen LogP contribution in [0.15, 0.2) is 0 Å². The molecule has 0 aromatic rings. The molecule has 2 rings (SSSR count). The van der Waals surface area contributed by atoms with Crippen LogP contribution in [0.1, 0.15) is 26.7 Å². The Morgan fingerprint density at radius 1 is 1.47 bits per heavy atom. The summed E-state index contributed by atoms with van der Waals surface area (Å²) in [5.74, 6) is 2.68. The summed E-state index contributed by atoms with van der Waals surface area (Å²) in [6.45, 7) is 9.86. The van der Waals surface area contributed by atoms with E-state index in [1.54, 1.807) is 0 Å². The van der Waals surface area contributed by atoms with E-state index >= 15 is 0 Å². The summed E-state index contributed by atoms with van der Waals surface area (Å²) >= 11 is 2.12. The van der Waals surface area contributed by atoms with Crippen LogP contribution in [0.3, 0.4) is 0 Å². The minimum absolute atomic E-state index is 0.531. The minimum Gasteiger partial charge on any atom is -0.316 e. The fourth-order valence-corrected chi connectivity index (χ4v) is 3.75. The maximum Gasteiger partial charge on any atom is 0.00754 e. The molecule has 0 amide bonds. The molecule has 0 aliphatic carbocycles. The molecule has 2 unspecified atom stereocenters. The monoisotopic (exact) mass is 228 g/mol. The molecule has 0 saturated carbocycles. The van der Waals surface area contributed by atoms with E-state index in [1.165, 1.54) is 50.5 Å². The lowest BCUT2D eigenvalue weighted by Gasteiger charge is -2.34. The number of thioether (sulfide) groups is 1. The third-order valence-corrected chi connectivity index (χ3v) is 4.86. The Morgan fingerprint density at radius 2 is 2.33 bits per heavy atom. The van der Waals surface area contributed by atoms with E-state index in [9.17, 15) is 0 Å². The van der Waals surface area contributed by atoms with Gasteiger partial charge in [-0.05, 0) is 37.5 Å². The first-order valence-electron chi connectivity index (χ1n) is 6.22. The zero-order chi connectivity index (χ0) is 10.7. The third-order valence-electron chi connectivity index (χ3n) is 3.87. The summed E-state index contributed by atoms with van der Waals surface area (Å²) in [6, 6.07) is 0.789. The molecule has 0 bridgehead atoms. The number of nitrogens with one attached hydrogen (secondary N) is 1. The van der Waals surface area contributed by atoms with Gasteiger partial charge in [-0.25, -0.2) is 0 Å². The van der Waals surface area contributed by atoms with Crippen LogP contribution in [0.4, 0.5) is 0 Å². The van der Waals surface area contributed by atoms with Crippen LogP contribution >= 0.6 is 11.8 Å². The quantitative estimate of drug-likeness (QED) is 0.776. The van der Waals surface area contributed by atoms with Crippen molar-refractivity contribution < 1.29 is 0 Å². The van der Waals surface area contributed by atoms with E-state index in [1.807, 2.05) is 0 Å². The van der Waals surface area contributed by atoms with Gasteiger partial charge in [-0.15, -0.1) is 0 Å². The lowest BCUT2D eigenvalue weighted by molar-refractivity contribution is 0.144. The van der Waals surface area contributed by atoms with Gasteiger partial charge in [0.05, 0.1) is 0 Å². The second-order valence-electron chi connectivity index (χ2n) is 5.46. The number of hydrogen-bond donors (Lipinski definition) is 1. The predicted octanol–water partition coefficient (Wildman–Crippen LogP) is 1.81. The SMILES string of the molecule is CC1CCSCCN1CC1(C)CCNC1. The molecule has 2 saturated heterocycles. The summed E-state index contributed by atoms with van der Waals surface area (Å²) in [7, 11) is 0. The summed E-state index contributed by atoms with van der Waals surface area (Å²) in [5.41, 5.74) is 0.531. The fourth-order valence-electron chi connectivity index (χ4n) is 2.67. The molecule has 2 heterocycles. The van der Waals surface area contributed by atoms with Gasteiger partial charge in [-0.1, -0.05) is 6.92 Å². The van der Waals surface area contributed by atoms with E-state index in [2.05, 4.69) is 35.8 Å². The van der Waals surface area contributed by atoms with Crippen molar-refractivity contribution in [3.63, 3.8) is 0 Å². The zero-order valence-electron chi connectivity index (χ0n) is 10.1. The first kappa shape index (κ1) is 11.7. The van der Waals surface area contributed by atoms with Crippen molar-refractivity contribution in [2.45, 2.75) is 32.7 Å². The summed E-state index contributed by atoms with van der Waals surface area (Å²) in [5, 5.41) is 3.50. The molecular weight excluding hydrogens is 204 g/mol. The Kier molecular flexibility index (Phi) is 3.97. The molecule has 0 aromatic carbocycles. The number of hydrogen-bond acceptors (Lipinski definition) is 3. The molecule has 2 aliphatic heterocycles. The van der Waals surface area contributed by atoms with Crippen LogP contribution in [-0.2, 0) is 0 Å². The Morgan fingerprint density at radius 3 is 3.07 bits per heavy atom. The zero-order valence-corrected chi connectivity index (χ0v) is 10.9. The van der Waals surface area contributed by atoms with Crippen molar-refractivity contribution >= 4 is 11.8 Å². The Balaban J connectivity index is 1.90. The third kappa shape index (κ3) is 3.11. The van der Waals surface area contributed by atoms with Gasteiger partial charge in [-0.2, -0.15) is 11.8 Å². The lowest BCUT2D eigenvalue weighted by atomic mass is 9.88. The maximum absolute atomic E-state index is 3.50. The van der Waals surface area contributed by atoms with E-state index in [-0.39, 0.29) is 0 Å². The minimum atomic E-state index is 0.531. The average molecular weight is 228 g/mol. The Hall–Kier alpha value is 0.270.